The monoisotopic (exact) mass is 518 g/mol. The van der Waals surface area contributed by atoms with Crippen molar-refractivity contribution in [2.24, 2.45) is 0 Å². The molecule has 2 aromatic carbocycles. The Morgan fingerprint density at radius 2 is 1.51 bits per heavy atom. The summed E-state index contributed by atoms with van der Waals surface area (Å²) < 4.78 is 0. The molecule has 7 heteroatoms. The molecule has 2 aliphatic carbocycles. The molecule has 2 atom stereocenters. The van der Waals surface area contributed by atoms with E-state index in [4.69, 9.17) is 11.6 Å². The lowest BCUT2D eigenvalue weighted by Crippen LogP contribution is -2.53. The molecule has 0 bridgehead atoms. The van der Waals surface area contributed by atoms with Crippen LogP contribution in [0.3, 0.4) is 0 Å². The zero-order chi connectivity index (χ0) is 25.4. The van der Waals surface area contributed by atoms with Gasteiger partial charge < -0.3 is 20.5 Å². The summed E-state index contributed by atoms with van der Waals surface area (Å²) in [4.78, 5) is 31.9. The number of carbonyl (C=O) groups is 2. The summed E-state index contributed by atoms with van der Waals surface area (Å²) in [6.07, 6.45) is 10.6. The zero-order valence-corrected chi connectivity index (χ0v) is 21.9. The second-order valence-electron chi connectivity index (χ2n) is 11.2. The van der Waals surface area contributed by atoms with E-state index in [1.165, 1.54) is 44.3 Å². The number of benzene rings is 2. The van der Waals surface area contributed by atoms with Gasteiger partial charge in [0.1, 0.15) is 0 Å². The predicted molar refractivity (Wildman–Crippen MR) is 147 cm³/mol. The maximum absolute atomic E-state index is 13.2. The normalized spacial score (nSPS) is 23.2. The van der Waals surface area contributed by atoms with Gasteiger partial charge in [-0.25, -0.2) is 0 Å². The number of aromatic amines is 1. The van der Waals surface area contributed by atoms with Gasteiger partial charge in [-0.1, -0.05) is 42.6 Å². The third-order valence-corrected chi connectivity index (χ3v) is 8.94. The average molecular weight is 519 g/mol. The number of H-pyrrole nitrogens is 1. The summed E-state index contributed by atoms with van der Waals surface area (Å²) in [5, 5.41) is 7.94. The van der Waals surface area contributed by atoms with Crippen molar-refractivity contribution in [1.29, 1.82) is 0 Å². The third-order valence-electron chi connectivity index (χ3n) is 8.63. The molecule has 2 heterocycles. The highest BCUT2D eigenvalue weighted by molar-refractivity contribution is 6.35. The third kappa shape index (κ3) is 5.14. The first-order valence-corrected chi connectivity index (χ1v) is 14.1. The SMILES string of the molecule is O=C(NC1CCCC[C@H]1NC(=O)c1ccc(C2(CN3CCCC3)CC2)cc1)c1ccc2c(Cl)c[nH]c2c1. The summed E-state index contributed by atoms with van der Waals surface area (Å²) in [6, 6.07) is 13.6. The molecule has 3 aliphatic rings. The summed E-state index contributed by atoms with van der Waals surface area (Å²) in [5.74, 6) is -0.194. The van der Waals surface area contributed by atoms with E-state index in [0.29, 0.717) is 16.1 Å². The minimum atomic E-state index is -0.129. The Labute approximate surface area is 223 Å². The van der Waals surface area contributed by atoms with Gasteiger partial charge in [-0.15, -0.1) is 0 Å². The van der Waals surface area contributed by atoms with Crippen LogP contribution >= 0.6 is 11.6 Å². The second kappa shape index (κ2) is 10.1. The van der Waals surface area contributed by atoms with Crippen LogP contribution in [0.25, 0.3) is 10.9 Å². The number of nitrogens with one attached hydrogen (secondary N) is 3. The van der Waals surface area contributed by atoms with E-state index >= 15 is 0 Å². The highest BCUT2D eigenvalue weighted by atomic mass is 35.5. The maximum atomic E-state index is 13.2. The predicted octanol–water partition coefficient (Wildman–Crippen LogP) is 5.42. The van der Waals surface area contributed by atoms with Gasteiger partial charge in [0.2, 0.25) is 0 Å². The van der Waals surface area contributed by atoms with E-state index in [1.54, 1.807) is 12.3 Å². The van der Waals surface area contributed by atoms with Gasteiger partial charge in [-0.2, -0.15) is 0 Å². The number of aromatic nitrogens is 1. The highest BCUT2D eigenvalue weighted by Gasteiger charge is 2.45. The number of nitrogens with zero attached hydrogens (tertiary/aromatic N) is 1. The Kier molecular flexibility index (Phi) is 6.72. The van der Waals surface area contributed by atoms with Crippen LogP contribution in [-0.2, 0) is 5.41 Å². The lowest BCUT2D eigenvalue weighted by Gasteiger charge is -2.33. The standard InChI is InChI=1S/C30H35ClN4O2/c31-24-18-32-27-17-21(9-12-23(24)27)29(37)34-26-6-2-1-5-25(26)33-28(36)20-7-10-22(11-8-20)30(13-14-30)19-35-15-3-4-16-35/h7-12,17-18,25-26,32H,1-6,13-16,19H2,(H,33,36)(H,34,37)/t25-,26?/m1/s1. The number of halogens is 1. The summed E-state index contributed by atoms with van der Waals surface area (Å²) in [5.41, 5.74) is 3.75. The van der Waals surface area contributed by atoms with E-state index in [1.807, 2.05) is 24.3 Å². The van der Waals surface area contributed by atoms with Crippen LogP contribution in [0.5, 0.6) is 0 Å². The Balaban J connectivity index is 1.09. The molecule has 37 heavy (non-hydrogen) atoms. The van der Waals surface area contributed by atoms with E-state index in [2.05, 4.69) is 32.7 Å². The van der Waals surface area contributed by atoms with Crippen LogP contribution in [0.15, 0.2) is 48.7 Å². The van der Waals surface area contributed by atoms with Gasteiger partial charge in [0.25, 0.3) is 11.8 Å². The lowest BCUT2D eigenvalue weighted by atomic mass is 9.89. The fourth-order valence-corrected chi connectivity index (χ4v) is 6.46. The number of rotatable bonds is 7. The largest absolute Gasteiger partial charge is 0.360 e. The minimum absolute atomic E-state index is 0.0652. The lowest BCUT2D eigenvalue weighted by molar-refractivity contribution is 0.0863. The quantitative estimate of drug-likeness (QED) is 0.391. The van der Waals surface area contributed by atoms with Gasteiger partial charge >= 0.3 is 0 Å². The number of hydrogen-bond acceptors (Lipinski definition) is 3. The number of carbonyl (C=O) groups excluding carboxylic acids is 2. The molecule has 194 valence electrons. The smallest absolute Gasteiger partial charge is 0.251 e. The Hall–Kier alpha value is -2.83. The molecule has 1 saturated heterocycles. The van der Waals surface area contributed by atoms with Gasteiger partial charge in [0.15, 0.2) is 0 Å². The van der Waals surface area contributed by atoms with E-state index < -0.39 is 0 Å². The molecule has 1 aromatic heterocycles. The van der Waals surface area contributed by atoms with Crippen molar-refractivity contribution >= 4 is 34.3 Å². The first-order valence-electron chi connectivity index (χ1n) is 13.7. The van der Waals surface area contributed by atoms with Crippen LogP contribution in [0.4, 0.5) is 0 Å². The Bertz CT molecular complexity index is 1290. The van der Waals surface area contributed by atoms with Crippen molar-refractivity contribution in [2.75, 3.05) is 19.6 Å². The molecule has 0 radical (unpaired) electrons. The zero-order valence-electron chi connectivity index (χ0n) is 21.2. The average Bonchev–Trinajstić information content (AvgIpc) is 3.33. The van der Waals surface area contributed by atoms with Gasteiger partial charge in [-0.3, -0.25) is 9.59 Å². The molecule has 6 rings (SSSR count). The van der Waals surface area contributed by atoms with Crippen LogP contribution in [0, 0.1) is 0 Å². The molecule has 3 N–H and O–H groups in total. The highest BCUT2D eigenvalue weighted by Crippen LogP contribution is 2.49. The molecule has 3 aromatic rings. The molecule has 0 spiro atoms. The Morgan fingerprint density at radius 3 is 2.16 bits per heavy atom. The summed E-state index contributed by atoms with van der Waals surface area (Å²) in [6.45, 7) is 3.58. The number of hydrogen-bond donors (Lipinski definition) is 3. The van der Waals surface area contributed by atoms with Gasteiger partial charge in [0.05, 0.1) is 5.02 Å². The van der Waals surface area contributed by atoms with Gasteiger partial charge in [0, 0.05) is 52.3 Å². The summed E-state index contributed by atoms with van der Waals surface area (Å²) in [7, 11) is 0. The van der Waals surface area contributed by atoms with Gasteiger partial charge in [-0.05, 0) is 81.4 Å². The molecule has 6 nitrogen and oxygen atoms in total. The topological polar surface area (TPSA) is 77.2 Å². The number of likely N-dealkylation sites (tertiary alicyclic amines) is 1. The molecule has 1 aliphatic heterocycles. The van der Waals surface area contributed by atoms with Crippen molar-refractivity contribution < 1.29 is 9.59 Å². The first-order chi connectivity index (χ1) is 18.0. The molecule has 3 fully saturated rings. The second-order valence-corrected chi connectivity index (χ2v) is 11.6. The Morgan fingerprint density at radius 1 is 0.892 bits per heavy atom. The minimum Gasteiger partial charge on any atom is -0.360 e. The maximum Gasteiger partial charge on any atom is 0.251 e. The van der Waals surface area contributed by atoms with Crippen molar-refractivity contribution in [1.82, 2.24) is 20.5 Å². The van der Waals surface area contributed by atoms with Crippen molar-refractivity contribution in [3.63, 3.8) is 0 Å². The van der Waals surface area contributed by atoms with E-state index in [-0.39, 0.29) is 29.3 Å². The molecular formula is C30H35ClN4O2. The van der Waals surface area contributed by atoms with Crippen molar-refractivity contribution in [3.05, 3.63) is 70.4 Å². The van der Waals surface area contributed by atoms with Crippen molar-refractivity contribution in [3.8, 4) is 0 Å². The van der Waals surface area contributed by atoms with Crippen LogP contribution < -0.4 is 10.6 Å². The summed E-state index contributed by atoms with van der Waals surface area (Å²) >= 11 is 6.17. The van der Waals surface area contributed by atoms with Crippen LogP contribution in [0.1, 0.15) is 77.6 Å². The number of fused-ring (bicyclic) bond motifs is 1. The molecule has 2 amide bonds. The van der Waals surface area contributed by atoms with E-state index in [9.17, 15) is 9.59 Å². The van der Waals surface area contributed by atoms with Crippen molar-refractivity contribution in [2.45, 2.75) is 68.9 Å². The van der Waals surface area contributed by atoms with Crippen LogP contribution in [0.2, 0.25) is 5.02 Å². The molecular weight excluding hydrogens is 484 g/mol. The molecule has 1 unspecified atom stereocenters. The number of amides is 2. The van der Waals surface area contributed by atoms with E-state index in [0.717, 1.165) is 43.1 Å². The van der Waals surface area contributed by atoms with Crippen LogP contribution in [-0.4, -0.2) is 53.4 Å². The molecule has 2 saturated carbocycles. The first kappa shape index (κ1) is 24.5. The fraction of sp³-hybridized carbons (Fsp3) is 0.467. The fourth-order valence-electron chi connectivity index (χ4n) is 6.24.